The van der Waals surface area contributed by atoms with Crippen molar-refractivity contribution in [2.75, 3.05) is 52.9 Å². The monoisotopic (exact) mass is 557 g/mol. The Bertz CT molecular complexity index is 1110. The number of rotatable bonds is 6. The van der Waals surface area contributed by atoms with Crippen LogP contribution in [-0.4, -0.2) is 79.6 Å². The molecule has 0 aliphatic carbocycles. The van der Waals surface area contributed by atoms with E-state index in [4.69, 9.17) is 4.74 Å². The SMILES string of the molecule is Cc1ccccc1[C@@H]1CN(C(=O)CN2CCN(C)CC2)CC[C@@H]1OCc1cc(C(F)(F)F)cc(C(F)(F)F)c1. The summed E-state index contributed by atoms with van der Waals surface area (Å²) in [5.74, 6) is -0.270. The molecule has 2 atom stereocenters. The molecule has 2 aromatic carbocycles. The molecule has 214 valence electrons. The molecule has 0 N–H and O–H groups in total. The lowest BCUT2D eigenvalue weighted by molar-refractivity contribution is -0.143. The summed E-state index contributed by atoms with van der Waals surface area (Å²) in [6, 6.07) is 9.13. The molecular formula is C28H33F6N3O2. The highest BCUT2D eigenvalue weighted by molar-refractivity contribution is 5.78. The van der Waals surface area contributed by atoms with Gasteiger partial charge in [0.15, 0.2) is 0 Å². The first-order chi connectivity index (χ1) is 18.3. The van der Waals surface area contributed by atoms with Crippen LogP contribution < -0.4 is 0 Å². The minimum absolute atomic E-state index is 0.00397. The molecule has 4 rings (SSSR count). The van der Waals surface area contributed by atoms with Crippen molar-refractivity contribution in [1.82, 2.24) is 14.7 Å². The van der Waals surface area contributed by atoms with Crippen LogP contribution >= 0.6 is 0 Å². The van der Waals surface area contributed by atoms with Gasteiger partial charge in [0, 0.05) is 45.2 Å². The van der Waals surface area contributed by atoms with Gasteiger partial charge in [0.25, 0.3) is 0 Å². The molecule has 5 nitrogen and oxygen atoms in total. The first kappa shape index (κ1) is 29.4. The molecule has 2 heterocycles. The number of hydrogen-bond donors (Lipinski definition) is 0. The number of benzene rings is 2. The lowest BCUT2D eigenvalue weighted by Gasteiger charge is -2.40. The van der Waals surface area contributed by atoms with Gasteiger partial charge >= 0.3 is 12.4 Å². The number of likely N-dealkylation sites (N-methyl/N-ethyl adjacent to an activating group) is 1. The Balaban J connectivity index is 1.51. The van der Waals surface area contributed by atoms with E-state index < -0.39 is 36.2 Å². The predicted octanol–water partition coefficient (Wildman–Crippen LogP) is 5.18. The second-order valence-corrected chi connectivity index (χ2v) is 10.4. The molecule has 2 saturated heterocycles. The molecule has 2 aromatic rings. The van der Waals surface area contributed by atoms with Crippen molar-refractivity contribution in [2.24, 2.45) is 0 Å². The highest BCUT2D eigenvalue weighted by Crippen LogP contribution is 2.37. The van der Waals surface area contributed by atoms with Gasteiger partial charge in [-0.05, 0) is 55.3 Å². The van der Waals surface area contributed by atoms with Gasteiger partial charge < -0.3 is 14.5 Å². The number of aryl methyl sites for hydroxylation is 1. The van der Waals surface area contributed by atoms with E-state index in [2.05, 4.69) is 9.80 Å². The van der Waals surface area contributed by atoms with Crippen molar-refractivity contribution in [1.29, 1.82) is 0 Å². The van der Waals surface area contributed by atoms with Crippen LogP contribution in [0, 0.1) is 6.92 Å². The molecule has 11 heteroatoms. The molecule has 2 fully saturated rings. The summed E-state index contributed by atoms with van der Waals surface area (Å²) in [4.78, 5) is 19.3. The Labute approximate surface area is 224 Å². The molecule has 2 aliphatic heterocycles. The zero-order valence-corrected chi connectivity index (χ0v) is 22.0. The molecule has 0 saturated carbocycles. The average Bonchev–Trinajstić information content (AvgIpc) is 2.88. The van der Waals surface area contributed by atoms with Crippen LogP contribution in [0.2, 0.25) is 0 Å². The quantitative estimate of drug-likeness (QED) is 0.459. The van der Waals surface area contributed by atoms with Crippen molar-refractivity contribution < 1.29 is 35.9 Å². The summed E-state index contributed by atoms with van der Waals surface area (Å²) in [5, 5.41) is 0. The van der Waals surface area contributed by atoms with Gasteiger partial charge in [-0.25, -0.2) is 0 Å². The van der Waals surface area contributed by atoms with E-state index in [0.29, 0.717) is 38.2 Å². The highest BCUT2D eigenvalue weighted by atomic mass is 19.4. The number of amides is 1. The maximum absolute atomic E-state index is 13.3. The minimum atomic E-state index is -4.92. The first-order valence-electron chi connectivity index (χ1n) is 13.0. The molecule has 0 spiro atoms. The van der Waals surface area contributed by atoms with Gasteiger partial charge in [0.05, 0.1) is 30.4 Å². The number of nitrogens with zero attached hydrogens (tertiary/aromatic N) is 3. The Kier molecular flexibility index (Phi) is 8.92. The zero-order valence-electron chi connectivity index (χ0n) is 22.0. The lowest BCUT2D eigenvalue weighted by atomic mass is 9.85. The fourth-order valence-corrected chi connectivity index (χ4v) is 5.26. The van der Waals surface area contributed by atoms with Crippen LogP contribution in [0.4, 0.5) is 26.3 Å². The maximum atomic E-state index is 13.3. The van der Waals surface area contributed by atoms with Gasteiger partial charge in [-0.1, -0.05) is 24.3 Å². The standard InChI is InChI=1S/C28H33F6N3O2/c1-19-5-3-4-6-23(19)24-16-37(26(38)17-36-11-9-35(2)10-12-36)8-7-25(24)39-18-20-13-21(27(29,30)31)15-22(14-20)28(32,33)34/h3-6,13-15,24-25H,7-12,16-18H2,1-2H3/t24-,25-/m0/s1. The highest BCUT2D eigenvalue weighted by Gasteiger charge is 2.38. The van der Waals surface area contributed by atoms with Crippen LogP contribution in [0.25, 0.3) is 0 Å². The number of piperazine rings is 1. The third-order valence-corrected chi connectivity index (χ3v) is 7.56. The number of piperidine rings is 1. The zero-order chi connectivity index (χ0) is 28.4. The summed E-state index contributed by atoms with van der Waals surface area (Å²) in [5.41, 5.74) is -1.01. The number of carbonyl (C=O) groups excluding carboxylic acids is 1. The first-order valence-corrected chi connectivity index (χ1v) is 13.0. The summed E-state index contributed by atoms with van der Waals surface area (Å²) in [6.07, 6.45) is -9.91. The van der Waals surface area contributed by atoms with E-state index in [0.717, 1.165) is 37.3 Å². The van der Waals surface area contributed by atoms with Crippen molar-refractivity contribution >= 4 is 5.91 Å². The Morgan fingerprint density at radius 1 is 0.923 bits per heavy atom. The summed E-state index contributed by atoms with van der Waals surface area (Å²) in [6.45, 7) is 5.98. The van der Waals surface area contributed by atoms with Crippen molar-refractivity contribution in [3.05, 3.63) is 70.3 Å². The Morgan fingerprint density at radius 3 is 2.13 bits per heavy atom. The molecule has 1 amide bonds. The number of hydrogen-bond acceptors (Lipinski definition) is 4. The lowest BCUT2D eigenvalue weighted by Crippen LogP contribution is -2.52. The molecular weight excluding hydrogens is 524 g/mol. The summed E-state index contributed by atoms with van der Waals surface area (Å²) >= 11 is 0. The van der Waals surface area contributed by atoms with Gasteiger partial charge in [-0.15, -0.1) is 0 Å². The molecule has 39 heavy (non-hydrogen) atoms. The van der Waals surface area contributed by atoms with E-state index >= 15 is 0 Å². The summed E-state index contributed by atoms with van der Waals surface area (Å²) in [7, 11) is 2.04. The largest absolute Gasteiger partial charge is 0.416 e. The topological polar surface area (TPSA) is 36.0 Å². The normalized spacial score (nSPS) is 21.8. The minimum Gasteiger partial charge on any atom is -0.373 e. The van der Waals surface area contributed by atoms with Gasteiger partial charge in [0.1, 0.15) is 0 Å². The van der Waals surface area contributed by atoms with E-state index in [-0.39, 0.29) is 23.5 Å². The van der Waals surface area contributed by atoms with Crippen LogP contribution in [-0.2, 0) is 28.5 Å². The van der Waals surface area contributed by atoms with E-state index in [1.54, 1.807) is 4.90 Å². The average molecular weight is 558 g/mol. The fraction of sp³-hybridized carbons (Fsp3) is 0.536. The van der Waals surface area contributed by atoms with E-state index in [9.17, 15) is 31.1 Å². The molecule has 0 aromatic heterocycles. The summed E-state index contributed by atoms with van der Waals surface area (Å²) < 4.78 is 85.9. The smallest absolute Gasteiger partial charge is 0.373 e. The van der Waals surface area contributed by atoms with Gasteiger partial charge in [-0.3, -0.25) is 9.69 Å². The van der Waals surface area contributed by atoms with Crippen LogP contribution in [0.5, 0.6) is 0 Å². The predicted molar refractivity (Wildman–Crippen MR) is 134 cm³/mol. The second kappa shape index (κ2) is 11.9. The third-order valence-electron chi connectivity index (χ3n) is 7.56. The molecule has 0 radical (unpaired) electrons. The fourth-order valence-electron chi connectivity index (χ4n) is 5.26. The maximum Gasteiger partial charge on any atom is 0.416 e. The van der Waals surface area contributed by atoms with Crippen LogP contribution in [0.1, 0.15) is 40.2 Å². The van der Waals surface area contributed by atoms with Crippen molar-refractivity contribution in [2.45, 2.75) is 44.3 Å². The number of likely N-dealkylation sites (tertiary alicyclic amines) is 1. The van der Waals surface area contributed by atoms with Crippen LogP contribution in [0.3, 0.4) is 0 Å². The second-order valence-electron chi connectivity index (χ2n) is 10.4. The third kappa shape index (κ3) is 7.52. The van der Waals surface area contributed by atoms with E-state index in [1.807, 2.05) is 38.2 Å². The van der Waals surface area contributed by atoms with Crippen LogP contribution in [0.15, 0.2) is 42.5 Å². The van der Waals surface area contributed by atoms with Crippen molar-refractivity contribution in [3.8, 4) is 0 Å². The Hall–Kier alpha value is -2.63. The number of halogens is 6. The number of ether oxygens (including phenoxy) is 1. The molecule has 0 unspecified atom stereocenters. The number of carbonyl (C=O) groups is 1. The van der Waals surface area contributed by atoms with Crippen molar-refractivity contribution in [3.63, 3.8) is 0 Å². The van der Waals surface area contributed by atoms with E-state index in [1.165, 1.54) is 0 Å². The molecule has 2 aliphatic rings. The number of alkyl halides is 6. The molecule has 0 bridgehead atoms. The van der Waals surface area contributed by atoms with Gasteiger partial charge in [-0.2, -0.15) is 26.3 Å². The Morgan fingerprint density at radius 2 is 1.54 bits per heavy atom. The van der Waals surface area contributed by atoms with Gasteiger partial charge in [0.2, 0.25) is 5.91 Å².